The number of sulfonamides is 1. The number of nitrogens with one attached hydrogen (secondary N) is 1. The lowest BCUT2D eigenvalue weighted by atomic mass is 10.1. The molecule has 2 heterocycles. The fraction of sp³-hybridized carbons (Fsp3) is 0.391. The molecule has 1 saturated heterocycles. The molecule has 4 rings (SSSR count). The number of amides is 2. The molecule has 0 spiro atoms. The third-order valence-electron chi connectivity index (χ3n) is 6.03. The van der Waals surface area contributed by atoms with Crippen LogP contribution in [-0.2, 0) is 26.0 Å². The highest BCUT2D eigenvalue weighted by atomic mass is 32.2. The van der Waals surface area contributed by atoms with E-state index in [4.69, 9.17) is 0 Å². The summed E-state index contributed by atoms with van der Waals surface area (Å²) in [5.74, 6) is -0.543. The van der Waals surface area contributed by atoms with E-state index in [2.05, 4.69) is 5.32 Å². The van der Waals surface area contributed by atoms with Crippen LogP contribution in [0.1, 0.15) is 36.5 Å². The van der Waals surface area contributed by atoms with Crippen LogP contribution in [0, 0.1) is 13.8 Å². The smallest absolute Gasteiger partial charge is 0.247 e. The number of benzene rings is 2. The van der Waals surface area contributed by atoms with Gasteiger partial charge in [-0.25, -0.2) is 8.42 Å². The molecule has 2 aromatic rings. The van der Waals surface area contributed by atoms with E-state index in [0.29, 0.717) is 30.0 Å². The van der Waals surface area contributed by atoms with Gasteiger partial charge in [0.25, 0.3) is 0 Å². The Morgan fingerprint density at radius 2 is 1.74 bits per heavy atom. The van der Waals surface area contributed by atoms with E-state index in [9.17, 15) is 18.0 Å². The number of carbonyl (C=O) groups excluding carboxylic acids is 2. The molecule has 2 aliphatic heterocycles. The Morgan fingerprint density at radius 1 is 1.03 bits per heavy atom. The van der Waals surface area contributed by atoms with Crippen LogP contribution in [0.2, 0.25) is 0 Å². The van der Waals surface area contributed by atoms with Crippen LogP contribution in [0.4, 0.5) is 11.4 Å². The largest absolute Gasteiger partial charge is 0.324 e. The van der Waals surface area contributed by atoms with Crippen LogP contribution in [0.25, 0.3) is 0 Å². The first kappa shape index (κ1) is 21.5. The summed E-state index contributed by atoms with van der Waals surface area (Å²) in [6, 6.07) is 9.88. The van der Waals surface area contributed by atoms with E-state index in [1.165, 1.54) is 22.2 Å². The van der Waals surface area contributed by atoms with Gasteiger partial charge < -0.3 is 5.32 Å². The van der Waals surface area contributed by atoms with Crippen LogP contribution in [0.3, 0.4) is 0 Å². The SMILES string of the molecule is CC(=O)N1c2ccc(S(=O)(=O)N3CCCC3)cc2C[C@@H]1C(=O)Nc1cc(C)ccc1C. The van der Waals surface area contributed by atoms with Crippen molar-refractivity contribution in [3.63, 3.8) is 0 Å². The predicted molar refractivity (Wildman–Crippen MR) is 120 cm³/mol. The minimum absolute atomic E-state index is 0.215. The summed E-state index contributed by atoms with van der Waals surface area (Å²) < 4.78 is 27.4. The topological polar surface area (TPSA) is 86.8 Å². The zero-order valence-corrected chi connectivity index (χ0v) is 18.8. The number of carbonyl (C=O) groups is 2. The Balaban J connectivity index is 1.63. The summed E-state index contributed by atoms with van der Waals surface area (Å²) >= 11 is 0. The van der Waals surface area contributed by atoms with Gasteiger partial charge in [-0.05, 0) is 67.6 Å². The van der Waals surface area contributed by atoms with Gasteiger partial charge in [-0.3, -0.25) is 14.5 Å². The van der Waals surface area contributed by atoms with Crippen LogP contribution in [0.15, 0.2) is 41.3 Å². The van der Waals surface area contributed by atoms with Crippen molar-refractivity contribution in [2.75, 3.05) is 23.3 Å². The maximum atomic E-state index is 13.1. The summed E-state index contributed by atoms with van der Waals surface area (Å²) in [4.78, 5) is 27.2. The van der Waals surface area contributed by atoms with Gasteiger partial charge in [-0.15, -0.1) is 0 Å². The van der Waals surface area contributed by atoms with E-state index < -0.39 is 16.1 Å². The molecular formula is C23H27N3O4S. The van der Waals surface area contributed by atoms with Crippen molar-refractivity contribution in [3.05, 3.63) is 53.1 Å². The van der Waals surface area contributed by atoms with Crippen LogP contribution in [0.5, 0.6) is 0 Å². The first-order chi connectivity index (χ1) is 14.7. The Hall–Kier alpha value is -2.71. The summed E-state index contributed by atoms with van der Waals surface area (Å²) in [6.45, 7) is 6.34. The van der Waals surface area contributed by atoms with Crippen molar-refractivity contribution < 1.29 is 18.0 Å². The fourth-order valence-electron chi connectivity index (χ4n) is 4.35. The van der Waals surface area contributed by atoms with Gasteiger partial charge in [0.15, 0.2) is 0 Å². The Bertz CT molecular complexity index is 1150. The van der Waals surface area contributed by atoms with Gasteiger partial charge in [-0.1, -0.05) is 12.1 Å². The number of fused-ring (bicyclic) bond motifs is 1. The maximum absolute atomic E-state index is 13.1. The lowest BCUT2D eigenvalue weighted by Crippen LogP contribution is -2.44. The van der Waals surface area contributed by atoms with Crippen molar-refractivity contribution in [2.24, 2.45) is 0 Å². The van der Waals surface area contributed by atoms with Crippen molar-refractivity contribution in [2.45, 2.75) is 51.0 Å². The van der Waals surface area contributed by atoms with Crippen LogP contribution < -0.4 is 10.2 Å². The number of aryl methyl sites for hydroxylation is 2. The zero-order chi connectivity index (χ0) is 22.3. The molecule has 31 heavy (non-hydrogen) atoms. The minimum Gasteiger partial charge on any atom is -0.324 e. The second kappa shape index (κ2) is 8.09. The standard InChI is InChI=1S/C23H27N3O4S/c1-15-6-7-16(2)20(12-15)24-23(28)22-14-18-13-19(8-9-21(18)26(22)17(3)27)31(29,30)25-10-4-5-11-25/h6-9,12-13,22H,4-5,10-11,14H2,1-3H3,(H,24,28)/t22-/m1/s1. The van der Waals surface area contributed by atoms with Crippen molar-refractivity contribution in [3.8, 4) is 0 Å². The van der Waals surface area contributed by atoms with Crippen molar-refractivity contribution in [1.82, 2.24) is 4.31 Å². The Kier molecular flexibility index (Phi) is 5.61. The summed E-state index contributed by atoms with van der Waals surface area (Å²) in [5, 5.41) is 2.94. The first-order valence-electron chi connectivity index (χ1n) is 10.5. The molecule has 0 unspecified atom stereocenters. The number of anilines is 2. The highest BCUT2D eigenvalue weighted by molar-refractivity contribution is 7.89. The quantitative estimate of drug-likeness (QED) is 0.790. The van der Waals surface area contributed by atoms with Gasteiger partial charge >= 0.3 is 0 Å². The van der Waals surface area contributed by atoms with Gasteiger partial charge in [-0.2, -0.15) is 4.31 Å². The van der Waals surface area contributed by atoms with E-state index in [1.54, 1.807) is 12.1 Å². The fourth-order valence-corrected chi connectivity index (χ4v) is 5.92. The van der Waals surface area contributed by atoms with Crippen molar-refractivity contribution >= 4 is 33.2 Å². The molecule has 1 N–H and O–H groups in total. The molecule has 2 aromatic carbocycles. The molecule has 1 fully saturated rings. The normalized spacial score (nSPS) is 18.8. The monoisotopic (exact) mass is 441 g/mol. The Morgan fingerprint density at radius 3 is 2.42 bits per heavy atom. The van der Waals surface area contributed by atoms with E-state index in [1.807, 2.05) is 32.0 Å². The molecule has 0 saturated carbocycles. The lowest BCUT2D eigenvalue weighted by molar-refractivity contribution is -0.122. The average Bonchev–Trinajstić information content (AvgIpc) is 3.38. The zero-order valence-electron chi connectivity index (χ0n) is 18.0. The second-order valence-electron chi connectivity index (χ2n) is 8.32. The maximum Gasteiger partial charge on any atom is 0.247 e. The van der Waals surface area contributed by atoms with E-state index >= 15 is 0 Å². The number of hydrogen-bond acceptors (Lipinski definition) is 4. The van der Waals surface area contributed by atoms with E-state index in [0.717, 1.165) is 24.0 Å². The predicted octanol–water partition coefficient (Wildman–Crippen LogP) is 3.00. The molecular weight excluding hydrogens is 414 g/mol. The van der Waals surface area contributed by atoms with Crippen molar-refractivity contribution in [1.29, 1.82) is 0 Å². The molecule has 2 aliphatic rings. The highest BCUT2D eigenvalue weighted by Crippen LogP contribution is 2.35. The highest BCUT2D eigenvalue weighted by Gasteiger charge is 2.38. The van der Waals surface area contributed by atoms with Gasteiger partial charge in [0.2, 0.25) is 21.8 Å². The molecule has 7 nitrogen and oxygen atoms in total. The van der Waals surface area contributed by atoms with Crippen LogP contribution in [-0.4, -0.2) is 43.7 Å². The molecule has 164 valence electrons. The van der Waals surface area contributed by atoms with Gasteiger partial charge in [0.1, 0.15) is 6.04 Å². The third-order valence-corrected chi connectivity index (χ3v) is 7.93. The number of nitrogens with zero attached hydrogens (tertiary/aromatic N) is 2. The molecule has 2 amide bonds. The number of hydrogen-bond donors (Lipinski definition) is 1. The second-order valence-corrected chi connectivity index (χ2v) is 10.3. The first-order valence-corrected chi connectivity index (χ1v) is 11.9. The molecule has 0 aromatic heterocycles. The summed E-state index contributed by atoms with van der Waals surface area (Å²) in [7, 11) is -3.57. The van der Waals surface area contributed by atoms with Gasteiger partial charge in [0, 0.05) is 37.8 Å². The van der Waals surface area contributed by atoms with E-state index in [-0.39, 0.29) is 23.1 Å². The van der Waals surface area contributed by atoms with Crippen LogP contribution >= 0.6 is 0 Å². The third kappa shape index (κ3) is 3.97. The number of rotatable bonds is 4. The molecule has 0 radical (unpaired) electrons. The lowest BCUT2D eigenvalue weighted by Gasteiger charge is -2.24. The molecule has 8 heteroatoms. The molecule has 0 aliphatic carbocycles. The van der Waals surface area contributed by atoms with Gasteiger partial charge in [0.05, 0.1) is 4.90 Å². The molecule has 1 atom stereocenters. The average molecular weight is 442 g/mol. The molecule has 0 bridgehead atoms. The summed E-state index contributed by atoms with van der Waals surface area (Å²) in [5.41, 5.74) is 3.95. The summed E-state index contributed by atoms with van der Waals surface area (Å²) in [6.07, 6.45) is 2.00. The Labute approximate surface area is 183 Å². The minimum atomic E-state index is -3.57.